The van der Waals surface area contributed by atoms with Crippen LogP contribution in [0.4, 0.5) is 9.18 Å². The van der Waals surface area contributed by atoms with Crippen LogP contribution >= 0.6 is 0 Å². The van der Waals surface area contributed by atoms with Gasteiger partial charge in [-0.2, -0.15) is 0 Å². The van der Waals surface area contributed by atoms with E-state index in [2.05, 4.69) is 10.3 Å². The molecule has 1 aliphatic rings. The summed E-state index contributed by atoms with van der Waals surface area (Å²) in [6.45, 7) is 0.452. The van der Waals surface area contributed by atoms with Gasteiger partial charge in [-0.3, -0.25) is 4.98 Å². The molecular weight excluding hydrogens is 317 g/mol. The fraction of sp³-hybridized carbons (Fsp3) is 0.400. The fourth-order valence-corrected chi connectivity index (χ4v) is 3.48. The first kappa shape index (κ1) is 17.4. The second-order valence-corrected chi connectivity index (χ2v) is 6.70. The van der Waals surface area contributed by atoms with Gasteiger partial charge in [-0.15, -0.1) is 0 Å². The number of rotatable bonds is 5. The number of amides is 2. The number of aromatic nitrogens is 1. The van der Waals surface area contributed by atoms with Crippen molar-refractivity contribution in [3.05, 3.63) is 65.7 Å². The Bertz CT molecular complexity index is 684. The maximum atomic E-state index is 13.3. The summed E-state index contributed by atoms with van der Waals surface area (Å²) in [4.78, 5) is 18.6. The van der Waals surface area contributed by atoms with Crippen LogP contribution in [-0.2, 0) is 6.54 Å². The van der Waals surface area contributed by atoms with Crippen molar-refractivity contribution in [3.63, 3.8) is 0 Å². The summed E-state index contributed by atoms with van der Waals surface area (Å²) in [6, 6.07) is 11.9. The van der Waals surface area contributed by atoms with Crippen LogP contribution < -0.4 is 5.32 Å². The molecule has 0 radical (unpaired) electrons. The molecule has 5 heteroatoms. The Kier molecular flexibility index (Phi) is 5.64. The highest BCUT2D eigenvalue weighted by atomic mass is 19.1. The number of nitrogens with one attached hydrogen (secondary N) is 1. The van der Waals surface area contributed by atoms with E-state index >= 15 is 0 Å². The van der Waals surface area contributed by atoms with E-state index in [9.17, 15) is 9.18 Å². The second-order valence-electron chi connectivity index (χ2n) is 6.70. The van der Waals surface area contributed by atoms with Crippen LogP contribution in [0.2, 0.25) is 0 Å². The zero-order valence-corrected chi connectivity index (χ0v) is 14.5. The van der Waals surface area contributed by atoms with Gasteiger partial charge in [0, 0.05) is 13.2 Å². The molecule has 1 unspecified atom stereocenters. The van der Waals surface area contributed by atoms with Crippen LogP contribution in [0.1, 0.15) is 43.0 Å². The van der Waals surface area contributed by atoms with Gasteiger partial charge in [0.2, 0.25) is 0 Å². The Morgan fingerprint density at radius 3 is 2.60 bits per heavy atom. The van der Waals surface area contributed by atoms with Gasteiger partial charge in [-0.1, -0.05) is 31.0 Å². The smallest absolute Gasteiger partial charge is 0.317 e. The van der Waals surface area contributed by atoms with Crippen molar-refractivity contribution < 1.29 is 9.18 Å². The molecule has 0 bridgehead atoms. The van der Waals surface area contributed by atoms with Crippen molar-refractivity contribution in [2.75, 3.05) is 7.05 Å². The van der Waals surface area contributed by atoms with Crippen LogP contribution in [0.3, 0.4) is 0 Å². The SMILES string of the molecule is CN(Cc1ccccn1)C(=O)NC(c1ccc(F)cc1)C1CCCC1. The fourth-order valence-electron chi connectivity index (χ4n) is 3.48. The van der Waals surface area contributed by atoms with Crippen LogP contribution in [0.5, 0.6) is 0 Å². The van der Waals surface area contributed by atoms with E-state index in [4.69, 9.17) is 0 Å². The van der Waals surface area contributed by atoms with E-state index in [-0.39, 0.29) is 17.9 Å². The lowest BCUT2D eigenvalue weighted by molar-refractivity contribution is 0.196. The van der Waals surface area contributed by atoms with Gasteiger partial charge < -0.3 is 10.2 Å². The largest absolute Gasteiger partial charge is 0.331 e. The lowest BCUT2D eigenvalue weighted by Gasteiger charge is -2.28. The molecule has 1 heterocycles. The van der Waals surface area contributed by atoms with Crippen LogP contribution in [-0.4, -0.2) is 23.0 Å². The monoisotopic (exact) mass is 341 g/mol. The third-order valence-electron chi connectivity index (χ3n) is 4.85. The molecular formula is C20H24FN3O. The third-order valence-corrected chi connectivity index (χ3v) is 4.85. The molecule has 0 spiro atoms. The Morgan fingerprint density at radius 2 is 1.96 bits per heavy atom. The summed E-state index contributed by atoms with van der Waals surface area (Å²) in [6.07, 6.45) is 6.27. The van der Waals surface area contributed by atoms with Crippen molar-refractivity contribution in [1.29, 1.82) is 0 Å². The summed E-state index contributed by atoms with van der Waals surface area (Å²) in [7, 11) is 1.76. The van der Waals surface area contributed by atoms with Gasteiger partial charge in [0.25, 0.3) is 0 Å². The number of hydrogen-bond donors (Lipinski definition) is 1. The Labute approximate surface area is 148 Å². The van der Waals surface area contributed by atoms with Gasteiger partial charge in [0.05, 0.1) is 18.3 Å². The molecule has 1 N–H and O–H groups in total. The summed E-state index contributed by atoms with van der Waals surface area (Å²) in [5.74, 6) is 0.144. The topological polar surface area (TPSA) is 45.2 Å². The van der Waals surface area contributed by atoms with Gasteiger partial charge in [0.1, 0.15) is 5.82 Å². The first-order valence-corrected chi connectivity index (χ1v) is 8.80. The minimum absolute atomic E-state index is 0.0817. The van der Waals surface area contributed by atoms with E-state index in [1.165, 1.54) is 25.0 Å². The summed E-state index contributed by atoms with van der Waals surface area (Å²) in [5, 5.41) is 3.15. The molecule has 1 fully saturated rings. The Hall–Kier alpha value is -2.43. The summed E-state index contributed by atoms with van der Waals surface area (Å²) in [5.41, 5.74) is 1.81. The maximum absolute atomic E-state index is 13.3. The standard InChI is InChI=1S/C20H24FN3O/c1-24(14-18-8-4-5-13-22-18)20(25)23-19(15-6-2-3-7-15)16-9-11-17(21)12-10-16/h4-5,8-13,15,19H,2-3,6-7,14H2,1H3,(H,23,25). The normalized spacial score (nSPS) is 15.8. The lowest BCUT2D eigenvalue weighted by Crippen LogP contribution is -2.41. The number of carbonyl (C=O) groups excluding carboxylic acids is 1. The zero-order chi connectivity index (χ0) is 17.6. The van der Waals surface area contributed by atoms with Crippen molar-refractivity contribution in [3.8, 4) is 0 Å². The molecule has 1 aromatic carbocycles. The van der Waals surface area contributed by atoms with Crippen molar-refractivity contribution in [2.45, 2.75) is 38.3 Å². The molecule has 4 nitrogen and oxygen atoms in total. The molecule has 1 atom stereocenters. The summed E-state index contributed by atoms with van der Waals surface area (Å²) < 4.78 is 13.3. The van der Waals surface area contributed by atoms with E-state index in [0.717, 1.165) is 24.1 Å². The van der Waals surface area contributed by atoms with E-state index in [0.29, 0.717) is 12.5 Å². The van der Waals surface area contributed by atoms with Crippen molar-refractivity contribution in [2.24, 2.45) is 5.92 Å². The Morgan fingerprint density at radius 1 is 1.24 bits per heavy atom. The minimum Gasteiger partial charge on any atom is -0.331 e. The van der Waals surface area contributed by atoms with Gasteiger partial charge in [-0.05, 0) is 48.6 Å². The molecule has 0 saturated heterocycles. The molecule has 132 valence electrons. The number of urea groups is 1. The quantitative estimate of drug-likeness (QED) is 0.881. The van der Waals surface area contributed by atoms with Crippen LogP contribution in [0, 0.1) is 11.7 Å². The molecule has 1 aliphatic carbocycles. The average molecular weight is 341 g/mol. The maximum Gasteiger partial charge on any atom is 0.317 e. The predicted molar refractivity (Wildman–Crippen MR) is 95.3 cm³/mol. The highest BCUT2D eigenvalue weighted by Gasteiger charge is 2.28. The number of halogens is 1. The molecule has 2 amide bonds. The molecule has 1 aromatic heterocycles. The van der Waals surface area contributed by atoms with Gasteiger partial charge in [-0.25, -0.2) is 9.18 Å². The molecule has 25 heavy (non-hydrogen) atoms. The molecule has 0 aliphatic heterocycles. The van der Waals surface area contributed by atoms with Gasteiger partial charge >= 0.3 is 6.03 Å². The number of carbonyl (C=O) groups is 1. The highest BCUT2D eigenvalue weighted by Crippen LogP contribution is 2.35. The predicted octanol–water partition coefficient (Wildman–Crippen LogP) is 4.29. The molecule has 1 saturated carbocycles. The number of pyridine rings is 1. The number of nitrogens with zero attached hydrogens (tertiary/aromatic N) is 2. The third kappa shape index (κ3) is 4.56. The average Bonchev–Trinajstić information content (AvgIpc) is 3.15. The van der Waals surface area contributed by atoms with E-state index in [1.54, 1.807) is 30.3 Å². The first-order valence-electron chi connectivity index (χ1n) is 8.80. The summed E-state index contributed by atoms with van der Waals surface area (Å²) >= 11 is 0. The van der Waals surface area contributed by atoms with Crippen LogP contribution in [0.25, 0.3) is 0 Å². The Balaban J connectivity index is 1.70. The van der Waals surface area contributed by atoms with Crippen molar-refractivity contribution >= 4 is 6.03 Å². The van der Waals surface area contributed by atoms with E-state index in [1.807, 2.05) is 18.2 Å². The minimum atomic E-state index is -0.257. The van der Waals surface area contributed by atoms with Gasteiger partial charge in [0.15, 0.2) is 0 Å². The number of hydrogen-bond acceptors (Lipinski definition) is 2. The highest BCUT2D eigenvalue weighted by molar-refractivity contribution is 5.74. The number of benzene rings is 1. The lowest BCUT2D eigenvalue weighted by atomic mass is 9.91. The van der Waals surface area contributed by atoms with Crippen LogP contribution in [0.15, 0.2) is 48.7 Å². The zero-order valence-electron chi connectivity index (χ0n) is 14.5. The van der Waals surface area contributed by atoms with Crippen molar-refractivity contribution in [1.82, 2.24) is 15.2 Å². The first-order chi connectivity index (χ1) is 12.1. The second kappa shape index (κ2) is 8.10. The van der Waals surface area contributed by atoms with E-state index < -0.39 is 0 Å². The molecule has 3 rings (SSSR count). The molecule has 2 aromatic rings.